The summed E-state index contributed by atoms with van der Waals surface area (Å²) >= 11 is 0. The van der Waals surface area contributed by atoms with Gasteiger partial charge in [0.25, 0.3) is 5.56 Å². The summed E-state index contributed by atoms with van der Waals surface area (Å²) in [5.74, 6) is -0.297. The van der Waals surface area contributed by atoms with Crippen LogP contribution in [0, 0.1) is 5.82 Å². The summed E-state index contributed by atoms with van der Waals surface area (Å²) in [6, 6.07) is 6.48. The van der Waals surface area contributed by atoms with Crippen LogP contribution in [-0.4, -0.2) is 16.1 Å². The summed E-state index contributed by atoms with van der Waals surface area (Å²) in [5, 5.41) is 3.18. The SMILES string of the molecule is O=c1c2c(ncn1Cc1ccccc1F)CNCC2. The first kappa shape index (κ1) is 12.0. The van der Waals surface area contributed by atoms with Crippen LogP contribution in [0.1, 0.15) is 16.8 Å². The molecule has 0 atom stereocenters. The molecule has 1 aliphatic heterocycles. The van der Waals surface area contributed by atoms with Gasteiger partial charge in [-0.05, 0) is 19.0 Å². The molecule has 2 aromatic rings. The average Bonchev–Trinajstić information content (AvgIpc) is 2.44. The normalized spacial score (nSPS) is 14.2. The van der Waals surface area contributed by atoms with Gasteiger partial charge in [-0.15, -0.1) is 0 Å². The number of nitrogens with one attached hydrogen (secondary N) is 1. The number of rotatable bonds is 2. The molecule has 0 spiro atoms. The molecule has 98 valence electrons. The first-order chi connectivity index (χ1) is 9.25. The minimum atomic E-state index is -0.297. The third kappa shape index (κ3) is 2.29. The van der Waals surface area contributed by atoms with Gasteiger partial charge in [0, 0.05) is 17.7 Å². The Kier molecular flexibility index (Phi) is 3.13. The lowest BCUT2D eigenvalue weighted by atomic mass is 10.1. The van der Waals surface area contributed by atoms with Gasteiger partial charge in [-0.25, -0.2) is 9.37 Å². The van der Waals surface area contributed by atoms with Crippen molar-refractivity contribution in [1.29, 1.82) is 0 Å². The lowest BCUT2D eigenvalue weighted by molar-refractivity contribution is 0.576. The first-order valence-electron chi connectivity index (χ1n) is 6.27. The van der Waals surface area contributed by atoms with Crippen LogP contribution in [0.15, 0.2) is 35.4 Å². The van der Waals surface area contributed by atoms with E-state index in [2.05, 4.69) is 10.3 Å². The fourth-order valence-corrected chi connectivity index (χ4v) is 2.31. The molecule has 0 saturated heterocycles. The molecule has 1 aliphatic rings. The van der Waals surface area contributed by atoms with Crippen LogP contribution in [-0.2, 0) is 19.5 Å². The van der Waals surface area contributed by atoms with Crippen LogP contribution in [0.5, 0.6) is 0 Å². The Morgan fingerprint density at radius 3 is 3.05 bits per heavy atom. The smallest absolute Gasteiger partial charge is 0.257 e. The Morgan fingerprint density at radius 1 is 1.37 bits per heavy atom. The van der Waals surface area contributed by atoms with Gasteiger partial charge >= 0.3 is 0 Å². The average molecular weight is 259 g/mol. The maximum absolute atomic E-state index is 13.6. The van der Waals surface area contributed by atoms with Crippen molar-refractivity contribution in [3.05, 3.63) is 63.6 Å². The van der Waals surface area contributed by atoms with E-state index >= 15 is 0 Å². The van der Waals surface area contributed by atoms with E-state index in [1.54, 1.807) is 18.2 Å². The van der Waals surface area contributed by atoms with E-state index in [1.807, 2.05) is 0 Å². The molecule has 0 aliphatic carbocycles. The van der Waals surface area contributed by atoms with Crippen molar-refractivity contribution in [2.45, 2.75) is 19.5 Å². The minimum Gasteiger partial charge on any atom is -0.311 e. The van der Waals surface area contributed by atoms with Gasteiger partial charge in [0.15, 0.2) is 0 Å². The zero-order chi connectivity index (χ0) is 13.2. The number of aromatic nitrogens is 2. The summed E-state index contributed by atoms with van der Waals surface area (Å²) in [6.07, 6.45) is 2.18. The highest BCUT2D eigenvalue weighted by Crippen LogP contribution is 2.09. The molecule has 0 bridgehead atoms. The van der Waals surface area contributed by atoms with E-state index < -0.39 is 0 Å². The van der Waals surface area contributed by atoms with Gasteiger partial charge in [-0.1, -0.05) is 18.2 Å². The van der Waals surface area contributed by atoms with Crippen LogP contribution >= 0.6 is 0 Å². The summed E-state index contributed by atoms with van der Waals surface area (Å²) in [5.41, 5.74) is 1.99. The molecule has 0 amide bonds. The van der Waals surface area contributed by atoms with E-state index in [9.17, 15) is 9.18 Å². The molecule has 4 nitrogen and oxygen atoms in total. The van der Waals surface area contributed by atoms with Crippen molar-refractivity contribution < 1.29 is 4.39 Å². The van der Waals surface area contributed by atoms with Crippen LogP contribution in [0.25, 0.3) is 0 Å². The molecule has 3 rings (SSSR count). The lowest BCUT2D eigenvalue weighted by Gasteiger charge is -2.17. The number of hydrogen-bond donors (Lipinski definition) is 1. The zero-order valence-electron chi connectivity index (χ0n) is 10.4. The second-order valence-corrected chi connectivity index (χ2v) is 4.62. The number of halogens is 1. The number of hydrogen-bond acceptors (Lipinski definition) is 3. The van der Waals surface area contributed by atoms with E-state index in [0.29, 0.717) is 18.5 Å². The molecule has 19 heavy (non-hydrogen) atoms. The third-order valence-corrected chi connectivity index (χ3v) is 3.36. The number of fused-ring (bicyclic) bond motifs is 1. The highest BCUT2D eigenvalue weighted by atomic mass is 19.1. The van der Waals surface area contributed by atoms with Crippen LogP contribution in [0.4, 0.5) is 4.39 Å². The maximum atomic E-state index is 13.6. The third-order valence-electron chi connectivity index (χ3n) is 3.36. The van der Waals surface area contributed by atoms with Crippen molar-refractivity contribution >= 4 is 0 Å². The van der Waals surface area contributed by atoms with Crippen molar-refractivity contribution in [3.63, 3.8) is 0 Å². The Balaban J connectivity index is 1.98. The Labute approximate surface area is 109 Å². The van der Waals surface area contributed by atoms with Crippen molar-refractivity contribution in [3.8, 4) is 0 Å². The molecule has 0 radical (unpaired) electrons. The molecule has 1 aromatic carbocycles. The topological polar surface area (TPSA) is 46.9 Å². The molecular formula is C14H14FN3O. The van der Waals surface area contributed by atoms with Crippen molar-refractivity contribution in [2.24, 2.45) is 0 Å². The van der Waals surface area contributed by atoms with Gasteiger partial charge in [0.2, 0.25) is 0 Å². The quantitative estimate of drug-likeness (QED) is 0.877. The summed E-state index contributed by atoms with van der Waals surface area (Å²) in [7, 11) is 0. The van der Waals surface area contributed by atoms with E-state index in [-0.39, 0.29) is 17.9 Å². The molecule has 0 saturated carbocycles. The predicted octanol–water partition coefficient (Wildman–Crippen LogP) is 1.08. The maximum Gasteiger partial charge on any atom is 0.257 e. The second kappa shape index (κ2) is 4.93. The van der Waals surface area contributed by atoms with E-state index in [1.165, 1.54) is 17.0 Å². The number of nitrogens with zero attached hydrogens (tertiary/aromatic N) is 2. The first-order valence-corrected chi connectivity index (χ1v) is 6.27. The lowest BCUT2D eigenvalue weighted by Crippen LogP contribution is -2.34. The predicted molar refractivity (Wildman–Crippen MR) is 69.4 cm³/mol. The van der Waals surface area contributed by atoms with E-state index in [0.717, 1.165) is 17.8 Å². The van der Waals surface area contributed by atoms with Gasteiger partial charge in [0.05, 0.1) is 18.6 Å². The summed E-state index contributed by atoms with van der Waals surface area (Å²) < 4.78 is 15.1. The van der Waals surface area contributed by atoms with E-state index in [4.69, 9.17) is 0 Å². The molecule has 2 heterocycles. The molecule has 0 fully saturated rings. The molecule has 1 aromatic heterocycles. The van der Waals surface area contributed by atoms with Gasteiger partial charge < -0.3 is 5.32 Å². The van der Waals surface area contributed by atoms with Gasteiger partial charge in [-0.3, -0.25) is 9.36 Å². The fourth-order valence-electron chi connectivity index (χ4n) is 2.31. The van der Waals surface area contributed by atoms with Crippen LogP contribution in [0.3, 0.4) is 0 Å². The highest BCUT2D eigenvalue weighted by molar-refractivity contribution is 5.22. The fraction of sp³-hybridized carbons (Fsp3) is 0.286. The summed E-state index contributed by atoms with van der Waals surface area (Å²) in [4.78, 5) is 16.6. The summed E-state index contributed by atoms with van der Waals surface area (Å²) in [6.45, 7) is 1.64. The standard InChI is InChI=1S/C14H14FN3O/c15-12-4-2-1-3-10(12)8-18-9-17-13-7-16-6-5-11(13)14(18)19/h1-4,9,16H,5-8H2. The van der Waals surface area contributed by atoms with Crippen molar-refractivity contribution in [1.82, 2.24) is 14.9 Å². The van der Waals surface area contributed by atoms with Crippen LogP contribution < -0.4 is 10.9 Å². The van der Waals surface area contributed by atoms with Gasteiger partial charge in [0.1, 0.15) is 5.82 Å². The largest absolute Gasteiger partial charge is 0.311 e. The van der Waals surface area contributed by atoms with Gasteiger partial charge in [-0.2, -0.15) is 0 Å². The molecule has 5 heteroatoms. The molecule has 1 N–H and O–H groups in total. The molecule has 0 unspecified atom stereocenters. The Bertz CT molecular complexity index is 666. The highest BCUT2D eigenvalue weighted by Gasteiger charge is 2.15. The van der Waals surface area contributed by atoms with Crippen LogP contribution in [0.2, 0.25) is 0 Å². The number of benzene rings is 1. The zero-order valence-corrected chi connectivity index (χ0v) is 10.4. The Hall–Kier alpha value is -2.01. The molecular weight excluding hydrogens is 245 g/mol. The second-order valence-electron chi connectivity index (χ2n) is 4.62. The Morgan fingerprint density at radius 2 is 2.21 bits per heavy atom. The van der Waals surface area contributed by atoms with Crippen molar-refractivity contribution in [2.75, 3.05) is 6.54 Å². The minimum absolute atomic E-state index is 0.0604. The monoisotopic (exact) mass is 259 g/mol.